The summed E-state index contributed by atoms with van der Waals surface area (Å²) in [6.45, 7) is 17.8. The van der Waals surface area contributed by atoms with E-state index in [0.29, 0.717) is 12.2 Å². The Morgan fingerprint density at radius 3 is 1.91 bits per heavy atom. The second kappa shape index (κ2) is 11.2. The van der Waals surface area contributed by atoms with E-state index >= 15 is 0 Å². The van der Waals surface area contributed by atoms with E-state index in [1.54, 1.807) is 0 Å². The maximum absolute atomic E-state index is 13.0. The number of hydrogen-bond acceptors (Lipinski definition) is 2. The highest BCUT2D eigenvalue weighted by molar-refractivity contribution is 5.77. The number of hydrogen-bond donors (Lipinski definition) is 2. The molecule has 2 rings (SSSR count). The van der Waals surface area contributed by atoms with Crippen LogP contribution in [0.3, 0.4) is 0 Å². The van der Waals surface area contributed by atoms with Gasteiger partial charge in [-0.15, -0.1) is 0 Å². The standard InChI is InChI=1S/C30H45NO2/c1-9-10-11-12-17-31-27(32)20-24(22-15-13-21(2)14-16-22)23-18-25(29(3,4)5)28(33)26(19-23)30(6,7)8/h13-16,18-19,24,33H,9-12,17,20H2,1-8H3,(H,31,32). The van der Waals surface area contributed by atoms with Crippen molar-refractivity contribution in [2.45, 2.75) is 104 Å². The van der Waals surface area contributed by atoms with Gasteiger partial charge in [-0.1, -0.05) is 110 Å². The molecule has 0 bridgehead atoms. The molecule has 1 unspecified atom stereocenters. The lowest BCUT2D eigenvalue weighted by Gasteiger charge is -2.30. The number of rotatable bonds is 9. The normalized spacial score (nSPS) is 13.1. The zero-order chi connectivity index (χ0) is 24.8. The van der Waals surface area contributed by atoms with E-state index in [2.05, 4.69) is 97.1 Å². The summed E-state index contributed by atoms with van der Waals surface area (Å²) in [5.41, 5.74) is 4.87. The number of aryl methyl sites for hydroxylation is 1. The van der Waals surface area contributed by atoms with Crippen LogP contribution in [0.4, 0.5) is 0 Å². The number of amides is 1. The molecule has 0 radical (unpaired) electrons. The third-order valence-electron chi connectivity index (χ3n) is 6.37. The SMILES string of the molecule is CCCCCCNC(=O)CC(c1ccc(C)cc1)c1cc(C(C)(C)C)c(O)c(C(C)(C)C)c1. The zero-order valence-corrected chi connectivity index (χ0v) is 22.1. The molecular formula is C30H45NO2. The topological polar surface area (TPSA) is 49.3 Å². The van der Waals surface area contributed by atoms with Gasteiger partial charge < -0.3 is 10.4 Å². The van der Waals surface area contributed by atoms with E-state index < -0.39 is 0 Å². The molecule has 1 atom stereocenters. The van der Waals surface area contributed by atoms with Gasteiger partial charge in [-0.05, 0) is 46.4 Å². The number of carbonyl (C=O) groups is 1. The Labute approximate surface area is 202 Å². The average molecular weight is 452 g/mol. The quantitative estimate of drug-likeness (QED) is 0.387. The largest absolute Gasteiger partial charge is 0.507 e. The number of phenols is 1. The van der Waals surface area contributed by atoms with Crippen LogP contribution in [0.1, 0.15) is 114 Å². The molecule has 0 saturated carbocycles. The van der Waals surface area contributed by atoms with Crippen LogP contribution in [0, 0.1) is 6.92 Å². The highest BCUT2D eigenvalue weighted by Gasteiger charge is 2.29. The first kappa shape index (κ1) is 27.0. The molecule has 3 nitrogen and oxygen atoms in total. The number of aromatic hydroxyl groups is 1. The second-order valence-corrected chi connectivity index (χ2v) is 11.5. The summed E-state index contributed by atoms with van der Waals surface area (Å²) in [5.74, 6) is 0.394. The molecule has 182 valence electrons. The van der Waals surface area contributed by atoms with Crippen molar-refractivity contribution in [3.05, 3.63) is 64.2 Å². The van der Waals surface area contributed by atoms with Crippen LogP contribution < -0.4 is 5.32 Å². The Morgan fingerprint density at radius 2 is 1.42 bits per heavy atom. The fourth-order valence-corrected chi connectivity index (χ4v) is 4.27. The lowest BCUT2D eigenvalue weighted by Crippen LogP contribution is -2.27. The summed E-state index contributed by atoms with van der Waals surface area (Å²) in [6, 6.07) is 12.7. The summed E-state index contributed by atoms with van der Waals surface area (Å²) >= 11 is 0. The van der Waals surface area contributed by atoms with Crippen molar-refractivity contribution >= 4 is 5.91 Å². The summed E-state index contributed by atoms with van der Waals surface area (Å²) in [5, 5.41) is 14.3. The van der Waals surface area contributed by atoms with Gasteiger partial charge >= 0.3 is 0 Å². The van der Waals surface area contributed by atoms with E-state index in [1.165, 1.54) is 18.4 Å². The molecule has 0 spiro atoms. The number of nitrogens with one attached hydrogen (secondary N) is 1. The van der Waals surface area contributed by atoms with Gasteiger partial charge in [0.1, 0.15) is 5.75 Å². The fraction of sp³-hybridized carbons (Fsp3) is 0.567. The Balaban J connectivity index is 2.48. The van der Waals surface area contributed by atoms with Crippen molar-refractivity contribution in [1.82, 2.24) is 5.32 Å². The van der Waals surface area contributed by atoms with Crippen molar-refractivity contribution < 1.29 is 9.90 Å². The average Bonchev–Trinajstić information content (AvgIpc) is 2.71. The van der Waals surface area contributed by atoms with E-state index in [9.17, 15) is 9.90 Å². The Kier molecular flexibility index (Phi) is 9.17. The van der Waals surface area contributed by atoms with Crippen molar-refractivity contribution in [2.24, 2.45) is 0 Å². The smallest absolute Gasteiger partial charge is 0.220 e. The van der Waals surface area contributed by atoms with Gasteiger partial charge in [0.25, 0.3) is 0 Å². The third kappa shape index (κ3) is 7.62. The van der Waals surface area contributed by atoms with Gasteiger partial charge in [0.05, 0.1) is 0 Å². The molecular weight excluding hydrogens is 406 g/mol. The van der Waals surface area contributed by atoms with E-state index in [1.807, 2.05) is 0 Å². The van der Waals surface area contributed by atoms with Crippen LogP contribution in [0.2, 0.25) is 0 Å². The molecule has 2 aromatic rings. The highest BCUT2D eigenvalue weighted by Crippen LogP contribution is 2.42. The molecule has 33 heavy (non-hydrogen) atoms. The Bertz CT molecular complexity index is 879. The maximum atomic E-state index is 13.0. The first-order valence-electron chi connectivity index (χ1n) is 12.6. The predicted molar refractivity (Wildman–Crippen MR) is 140 cm³/mol. The van der Waals surface area contributed by atoms with Gasteiger partial charge in [0.15, 0.2) is 0 Å². The van der Waals surface area contributed by atoms with Crippen molar-refractivity contribution in [3.63, 3.8) is 0 Å². The first-order valence-corrected chi connectivity index (χ1v) is 12.6. The summed E-state index contributed by atoms with van der Waals surface area (Å²) in [7, 11) is 0. The lowest BCUT2D eigenvalue weighted by atomic mass is 9.75. The number of unbranched alkanes of at least 4 members (excludes halogenated alkanes) is 3. The molecule has 2 aromatic carbocycles. The molecule has 0 fully saturated rings. The number of phenolic OH excluding ortho intramolecular Hbond substituents is 1. The number of benzene rings is 2. The van der Waals surface area contributed by atoms with E-state index in [-0.39, 0.29) is 22.7 Å². The van der Waals surface area contributed by atoms with Gasteiger partial charge in [-0.2, -0.15) is 0 Å². The minimum atomic E-state index is -0.209. The van der Waals surface area contributed by atoms with Crippen LogP contribution in [0.25, 0.3) is 0 Å². The molecule has 3 heteroatoms. The monoisotopic (exact) mass is 451 g/mol. The van der Waals surface area contributed by atoms with Gasteiger partial charge in [0, 0.05) is 18.9 Å². The molecule has 0 heterocycles. The summed E-state index contributed by atoms with van der Waals surface area (Å²) < 4.78 is 0. The van der Waals surface area contributed by atoms with Gasteiger partial charge in [-0.25, -0.2) is 0 Å². The fourth-order valence-electron chi connectivity index (χ4n) is 4.27. The van der Waals surface area contributed by atoms with Gasteiger partial charge in [0.2, 0.25) is 5.91 Å². The molecule has 0 aliphatic heterocycles. The Hall–Kier alpha value is -2.29. The van der Waals surface area contributed by atoms with Crippen LogP contribution >= 0.6 is 0 Å². The summed E-state index contributed by atoms with van der Waals surface area (Å²) in [6.07, 6.45) is 4.97. The predicted octanol–water partition coefficient (Wildman–Crippen LogP) is 7.51. The van der Waals surface area contributed by atoms with Crippen molar-refractivity contribution in [3.8, 4) is 5.75 Å². The van der Waals surface area contributed by atoms with Crippen LogP contribution in [-0.4, -0.2) is 17.6 Å². The molecule has 2 N–H and O–H groups in total. The molecule has 0 aromatic heterocycles. The lowest BCUT2D eigenvalue weighted by molar-refractivity contribution is -0.121. The van der Waals surface area contributed by atoms with Crippen molar-refractivity contribution in [1.29, 1.82) is 0 Å². The maximum Gasteiger partial charge on any atom is 0.220 e. The Morgan fingerprint density at radius 1 is 0.879 bits per heavy atom. The number of carbonyl (C=O) groups excluding carboxylic acids is 1. The zero-order valence-electron chi connectivity index (χ0n) is 22.1. The summed E-state index contributed by atoms with van der Waals surface area (Å²) in [4.78, 5) is 13.0. The molecule has 0 aliphatic carbocycles. The molecule has 0 saturated heterocycles. The highest BCUT2D eigenvalue weighted by atomic mass is 16.3. The van der Waals surface area contributed by atoms with Crippen LogP contribution in [-0.2, 0) is 15.6 Å². The molecule has 0 aliphatic rings. The minimum absolute atomic E-state index is 0.0657. The third-order valence-corrected chi connectivity index (χ3v) is 6.37. The minimum Gasteiger partial charge on any atom is -0.507 e. The van der Waals surface area contributed by atoms with Gasteiger partial charge in [-0.3, -0.25) is 4.79 Å². The van der Waals surface area contributed by atoms with E-state index in [0.717, 1.165) is 41.6 Å². The second-order valence-electron chi connectivity index (χ2n) is 11.5. The van der Waals surface area contributed by atoms with Crippen LogP contribution in [0.5, 0.6) is 5.75 Å². The van der Waals surface area contributed by atoms with E-state index in [4.69, 9.17) is 0 Å². The van der Waals surface area contributed by atoms with Crippen molar-refractivity contribution in [2.75, 3.05) is 6.54 Å². The first-order chi connectivity index (χ1) is 15.3. The van der Waals surface area contributed by atoms with Crippen LogP contribution in [0.15, 0.2) is 36.4 Å². The molecule has 1 amide bonds.